The van der Waals surface area contributed by atoms with E-state index in [1.54, 1.807) is 7.11 Å². The van der Waals surface area contributed by atoms with Gasteiger partial charge < -0.3 is 19.0 Å². The zero-order chi connectivity index (χ0) is 14.0. The molecule has 0 radical (unpaired) electrons. The lowest BCUT2D eigenvalue weighted by atomic mass is 10.2. The third-order valence-corrected chi connectivity index (χ3v) is 3.22. The van der Waals surface area contributed by atoms with Gasteiger partial charge in [0.15, 0.2) is 4.77 Å². The molecule has 1 aromatic heterocycles. The lowest BCUT2D eigenvalue weighted by molar-refractivity contribution is 0.163. The van der Waals surface area contributed by atoms with Crippen molar-refractivity contribution in [2.75, 3.05) is 13.7 Å². The number of imidazole rings is 1. The van der Waals surface area contributed by atoms with Gasteiger partial charge in [-0.3, -0.25) is 0 Å². The number of benzene rings is 1. The van der Waals surface area contributed by atoms with Gasteiger partial charge in [0.05, 0.1) is 24.3 Å². The van der Waals surface area contributed by atoms with Gasteiger partial charge in [0.2, 0.25) is 0 Å². The minimum absolute atomic E-state index is 0.132. The first-order valence-corrected chi connectivity index (χ1v) is 6.84. The summed E-state index contributed by atoms with van der Waals surface area (Å²) in [5.74, 6) is 0.835. The number of hydrogen-bond acceptors (Lipinski definition) is 3. The highest BCUT2D eigenvalue weighted by molar-refractivity contribution is 7.71. The topological polar surface area (TPSA) is 39.2 Å². The van der Waals surface area contributed by atoms with Crippen LogP contribution in [-0.2, 0) is 4.74 Å². The predicted molar refractivity (Wildman–Crippen MR) is 79.5 cm³/mol. The number of nitrogens with one attached hydrogen (secondary N) is 1. The molecule has 104 valence electrons. The molecule has 0 aliphatic rings. The minimum atomic E-state index is 0.132. The van der Waals surface area contributed by atoms with Gasteiger partial charge in [0.25, 0.3) is 0 Å². The maximum absolute atomic E-state index is 5.81. The lowest BCUT2D eigenvalue weighted by Crippen LogP contribution is -2.11. The smallest absolute Gasteiger partial charge is 0.178 e. The van der Waals surface area contributed by atoms with Crippen LogP contribution in [0.4, 0.5) is 0 Å². The van der Waals surface area contributed by atoms with E-state index in [-0.39, 0.29) is 12.1 Å². The number of ether oxygens (including phenoxy) is 2. The van der Waals surface area contributed by atoms with E-state index in [0.29, 0.717) is 11.4 Å². The molecule has 0 saturated heterocycles. The molecule has 1 heterocycles. The Kier molecular flexibility index (Phi) is 4.27. The molecule has 0 aliphatic heterocycles. The number of rotatable bonds is 5. The summed E-state index contributed by atoms with van der Waals surface area (Å²) in [6, 6.07) is 6.17. The molecule has 0 saturated carbocycles. The van der Waals surface area contributed by atoms with E-state index < -0.39 is 0 Å². The zero-order valence-electron chi connectivity index (χ0n) is 11.8. The third-order valence-electron chi connectivity index (χ3n) is 2.93. The highest BCUT2D eigenvalue weighted by Gasteiger charge is 2.14. The van der Waals surface area contributed by atoms with Crippen LogP contribution in [0.2, 0.25) is 0 Å². The van der Waals surface area contributed by atoms with E-state index >= 15 is 0 Å². The fourth-order valence-corrected chi connectivity index (χ4v) is 2.61. The van der Waals surface area contributed by atoms with Crippen LogP contribution >= 0.6 is 12.2 Å². The Balaban J connectivity index is 2.55. The zero-order valence-corrected chi connectivity index (χ0v) is 12.6. The monoisotopic (exact) mass is 280 g/mol. The van der Waals surface area contributed by atoms with Crippen LogP contribution in [0.15, 0.2) is 18.2 Å². The van der Waals surface area contributed by atoms with E-state index in [0.717, 1.165) is 16.8 Å². The molecule has 5 heteroatoms. The second-order valence-electron chi connectivity index (χ2n) is 4.92. The van der Waals surface area contributed by atoms with Gasteiger partial charge in [-0.25, -0.2) is 0 Å². The highest BCUT2D eigenvalue weighted by Crippen LogP contribution is 2.27. The Morgan fingerprint density at radius 2 is 2.05 bits per heavy atom. The van der Waals surface area contributed by atoms with Gasteiger partial charge in [-0.1, -0.05) is 6.07 Å². The average Bonchev–Trinajstić information content (AvgIpc) is 2.66. The number of H-pyrrole nitrogens is 1. The number of fused-ring (bicyclic) bond motifs is 1. The van der Waals surface area contributed by atoms with Gasteiger partial charge in [-0.15, -0.1) is 0 Å². The van der Waals surface area contributed by atoms with Crippen molar-refractivity contribution in [3.8, 4) is 5.75 Å². The Hall–Kier alpha value is -1.33. The molecular formula is C14H20N2O2S. The minimum Gasteiger partial charge on any atom is -0.489 e. The van der Waals surface area contributed by atoms with Crippen LogP contribution in [0.1, 0.15) is 26.8 Å². The van der Waals surface area contributed by atoms with Gasteiger partial charge in [-0.05, 0) is 45.1 Å². The first kappa shape index (κ1) is 14.1. The number of aromatic amines is 1. The number of nitrogens with zero attached hydrogens (tertiary/aromatic N) is 1. The molecule has 0 aliphatic carbocycles. The van der Waals surface area contributed by atoms with E-state index in [4.69, 9.17) is 21.7 Å². The largest absolute Gasteiger partial charge is 0.489 e. The molecule has 1 aromatic carbocycles. The van der Waals surface area contributed by atoms with Gasteiger partial charge in [0, 0.05) is 7.11 Å². The van der Waals surface area contributed by atoms with Crippen LogP contribution in [-0.4, -0.2) is 29.4 Å². The molecule has 19 heavy (non-hydrogen) atoms. The summed E-state index contributed by atoms with van der Waals surface area (Å²) in [6.07, 6.45) is 0.132. The summed E-state index contributed by atoms with van der Waals surface area (Å²) in [6.45, 7) is 6.73. The molecule has 0 fully saturated rings. The molecule has 2 aromatic rings. The fraction of sp³-hybridized carbons (Fsp3) is 0.500. The predicted octanol–water partition coefficient (Wildman–Crippen LogP) is 3.69. The molecule has 0 amide bonds. The second kappa shape index (κ2) is 5.75. The van der Waals surface area contributed by atoms with Crippen LogP contribution in [0.3, 0.4) is 0 Å². The Morgan fingerprint density at radius 1 is 1.32 bits per heavy atom. The lowest BCUT2D eigenvalue weighted by Gasteiger charge is -2.14. The summed E-state index contributed by atoms with van der Waals surface area (Å²) in [5, 5.41) is 0. The van der Waals surface area contributed by atoms with Crippen LogP contribution < -0.4 is 4.74 Å². The number of aromatic nitrogens is 2. The van der Waals surface area contributed by atoms with E-state index in [2.05, 4.69) is 16.5 Å². The molecule has 0 bridgehead atoms. The molecular weight excluding hydrogens is 260 g/mol. The number of methoxy groups -OCH3 is 1. The van der Waals surface area contributed by atoms with Crippen LogP contribution in [0.5, 0.6) is 5.75 Å². The van der Waals surface area contributed by atoms with Gasteiger partial charge in [-0.2, -0.15) is 0 Å². The van der Waals surface area contributed by atoms with Crippen LogP contribution in [0.25, 0.3) is 11.0 Å². The maximum Gasteiger partial charge on any atom is 0.178 e. The van der Waals surface area contributed by atoms with Crippen molar-refractivity contribution >= 4 is 23.3 Å². The van der Waals surface area contributed by atoms with Gasteiger partial charge in [0.1, 0.15) is 11.3 Å². The average molecular weight is 280 g/mol. The van der Waals surface area contributed by atoms with E-state index in [1.165, 1.54) is 0 Å². The van der Waals surface area contributed by atoms with Crippen LogP contribution in [0, 0.1) is 4.77 Å². The molecule has 4 nitrogen and oxygen atoms in total. The summed E-state index contributed by atoms with van der Waals surface area (Å²) >= 11 is 5.41. The highest BCUT2D eigenvalue weighted by atomic mass is 32.1. The molecule has 1 atom stereocenters. The second-order valence-corrected chi connectivity index (χ2v) is 5.31. The maximum atomic E-state index is 5.81. The van der Waals surface area contributed by atoms with E-state index in [9.17, 15) is 0 Å². The molecule has 2 rings (SSSR count). The molecule has 0 spiro atoms. The Bertz CT molecular complexity index is 615. The third kappa shape index (κ3) is 2.82. The summed E-state index contributed by atoms with van der Waals surface area (Å²) in [7, 11) is 1.70. The summed E-state index contributed by atoms with van der Waals surface area (Å²) in [4.78, 5) is 3.24. The van der Waals surface area contributed by atoms with Crippen molar-refractivity contribution < 1.29 is 9.47 Å². The van der Waals surface area contributed by atoms with Crippen molar-refractivity contribution in [3.63, 3.8) is 0 Å². The summed E-state index contributed by atoms with van der Waals surface area (Å²) < 4.78 is 13.8. The SMILES string of the molecule is COCC(C)n1c(=S)[nH]c2c(OC(C)C)cccc21. The first-order chi connectivity index (χ1) is 9.04. The summed E-state index contributed by atoms with van der Waals surface area (Å²) in [5.41, 5.74) is 2.00. The Morgan fingerprint density at radius 3 is 2.68 bits per heavy atom. The van der Waals surface area contributed by atoms with Crippen molar-refractivity contribution in [2.45, 2.75) is 32.9 Å². The normalized spacial score (nSPS) is 13.1. The fourth-order valence-electron chi connectivity index (χ4n) is 2.23. The molecule has 1 N–H and O–H groups in total. The first-order valence-electron chi connectivity index (χ1n) is 6.43. The number of para-hydroxylation sites is 1. The van der Waals surface area contributed by atoms with Crippen molar-refractivity contribution in [3.05, 3.63) is 23.0 Å². The number of hydrogen-bond donors (Lipinski definition) is 1. The van der Waals surface area contributed by atoms with Crippen molar-refractivity contribution in [1.82, 2.24) is 9.55 Å². The van der Waals surface area contributed by atoms with Gasteiger partial charge >= 0.3 is 0 Å². The quantitative estimate of drug-likeness (QED) is 0.849. The van der Waals surface area contributed by atoms with E-state index in [1.807, 2.05) is 32.0 Å². The standard InChI is InChI=1S/C14H20N2O2S/c1-9(2)18-12-7-5-6-11-13(12)15-14(19)16(11)10(3)8-17-4/h5-7,9-10H,8H2,1-4H3,(H,15,19). The van der Waals surface area contributed by atoms with Crippen molar-refractivity contribution in [1.29, 1.82) is 0 Å². The Labute approximate surface area is 118 Å². The van der Waals surface area contributed by atoms with Crippen molar-refractivity contribution in [2.24, 2.45) is 0 Å². The molecule has 1 unspecified atom stereocenters.